The second-order valence-corrected chi connectivity index (χ2v) is 5.42. The summed E-state index contributed by atoms with van der Waals surface area (Å²) in [7, 11) is 3.91. The Balaban J connectivity index is 2.41. The van der Waals surface area contributed by atoms with Crippen LogP contribution in [0.25, 0.3) is 0 Å². The van der Waals surface area contributed by atoms with Gasteiger partial charge in [0.2, 0.25) is 0 Å². The topological polar surface area (TPSA) is 66.4 Å². The summed E-state index contributed by atoms with van der Waals surface area (Å²) in [6, 6.07) is 7.72. The number of hydrogen-bond donors (Lipinski definition) is 2. The van der Waals surface area contributed by atoms with Gasteiger partial charge in [-0.05, 0) is 38.7 Å². The first-order chi connectivity index (χ1) is 10.0. The highest BCUT2D eigenvalue weighted by molar-refractivity contribution is 5.68. The van der Waals surface area contributed by atoms with Crippen molar-refractivity contribution in [2.24, 2.45) is 0 Å². The predicted molar refractivity (Wildman–Crippen MR) is 82.4 cm³/mol. The van der Waals surface area contributed by atoms with Crippen molar-refractivity contribution in [2.75, 3.05) is 33.9 Å². The Labute approximate surface area is 126 Å². The molecule has 1 aromatic rings. The van der Waals surface area contributed by atoms with E-state index in [1.807, 2.05) is 50.2 Å². The Bertz CT molecular complexity index is 418. The van der Waals surface area contributed by atoms with E-state index in [9.17, 15) is 9.90 Å². The zero-order chi connectivity index (χ0) is 15.7. The number of carbonyl (C=O) groups excluding carboxylic acids is 1. The van der Waals surface area contributed by atoms with E-state index in [0.717, 1.165) is 17.8 Å². The first-order valence-corrected chi connectivity index (χ1v) is 7.38. The van der Waals surface area contributed by atoms with Crippen molar-refractivity contribution in [2.45, 2.75) is 25.9 Å². The average molecular weight is 295 g/mol. The second-order valence-electron chi connectivity index (χ2n) is 5.42. The SMILES string of the molecule is CCOC[C@@H](O)Cc1ccc([NH2+]C(=O)CCN(C)C)cc1. The van der Waals surface area contributed by atoms with Gasteiger partial charge in [-0.2, -0.15) is 0 Å². The van der Waals surface area contributed by atoms with Crippen LogP contribution in [0.5, 0.6) is 0 Å². The van der Waals surface area contributed by atoms with Crippen LogP contribution < -0.4 is 5.32 Å². The largest absolute Gasteiger partial charge is 0.390 e. The molecule has 0 aromatic heterocycles. The minimum Gasteiger partial charge on any atom is -0.390 e. The Morgan fingerprint density at radius 1 is 1.33 bits per heavy atom. The minimum absolute atomic E-state index is 0.132. The molecule has 1 aromatic carbocycles. The van der Waals surface area contributed by atoms with Crippen LogP contribution in [-0.4, -0.2) is 55.9 Å². The zero-order valence-corrected chi connectivity index (χ0v) is 13.2. The number of carbonyl (C=O) groups is 1. The first kappa shape index (κ1) is 17.8. The lowest BCUT2D eigenvalue weighted by Gasteiger charge is -2.10. The molecule has 21 heavy (non-hydrogen) atoms. The highest BCUT2D eigenvalue weighted by Gasteiger charge is 2.10. The van der Waals surface area contributed by atoms with E-state index in [4.69, 9.17) is 4.74 Å². The van der Waals surface area contributed by atoms with Crippen molar-refractivity contribution in [1.29, 1.82) is 0 Å². The third-order valence-electron chi connectivity index (χ3n) is 3.10. The summed E-state index contributed by atoms with van der Waals surface area (Å²) in [5.41, 5.74) is 1.95. The lowest BCUT2D eigenvalue weighted by molar-refractivity contribution is -0.483. The number of rotatable bonds is 9. The summed E-state index contributed by atoms with van der Waals surface area (Å²) in [6.45, 7) is 3.63. The molecule has 118 valence electrons. The Hall–Kier alpha value is -1.27. The quantitative estimate of drug-likeness (QED) is 0.643. The van der Waals surface area contributed by atoms with E-state index in [1.54, 1.807) is 5.32 Å². The highest BCUT2D eigenvalue weighted by Crippen LogP contribution is 2.07. The summed E-state index contributed by atoms with van der Waals surface area (Å²) in [5, 5.41) is 11.4. The number of aliphatic hydroxyl groups is 1. The molecule has 5 heteroatoms. The second kappa shape index (κ2) is 9.63. The predicted octanol–water partition coefficient (Wildman–Crippen LogP) is 0.300. The molecule has 0 saturated heterocycles. The standard InChI is InChI=1S/C16H26N2O3/c1-4-21-12-15(19)11-13-5-7-14(8-6-13)17-16(20)9-10-18(2)3/h5-8,15,19H,4,9-12H2,1-3H3,(H,17,20)/p+1/t15-/m0/s1. The molecule has 5 nitrogen and oxygen atoms in total. The third kappa shape index (κ3) is 7.92. The molecule has 0 radical (unpaired) electrons. The van der Waals surface area contributed by atoms with Crippen LogP contribution >= 0.6 is 0 Å². The van der Waals surface area contributed by atoms with Crippen molar-refractivity contribution < 1.29 is 20.0 Å². The molecule has 0 aliphatic heterocycles. The first-order valence-electron chi connectivity index (χ1n) is 7.38. The van der Waals surface area contributed by atoms with Crippen molar-refractivity contribution in [3.8, 4) is 0 Å². The monoisotopic (exact) mass is 295 g/mol. The molecule has 0 saturated carbocycles. The van der Waals surface area contributed by atoms with E-state index < -0.39 is 6.10 Å². The number of aliphatic hydroxyl groups excluding tert-OH is 1. The minimum atomic E-state index is -0.485. The molecular formula is C16H27N2O3+. The van der Waals surface area contributed by atoms with Gasteiger partial charge in [-0.3, -0.25) is 5.32 Å². The number of quaternary nitrogens is 1. The summed E-state index contributed by atoms with van der Waals surface area (Å²) >= 11 is 0. The number of primary amides is 1. The van der Waals surface area contributed by atoms with Gasteiger partial charge in [-0.15, -0.1) is 0 Å². The van der Waals surface area contributed by atoms with Gasteiger partial charge in [0.15, 0.2) is 0 Å². The normalized spacial score (nSPS) is 12.6. The summed E-state index contributed by atoms with van der Waals surface area (Å²) in [5.74, 6) is 0.132. The van der Waals surface area contributed by atoms with Gasteiger partial charge in [-0.1, -0.05) is 12.1 Å². The number of nitrogens with two attached hydrogens (primary N) is 1. The molecule has 0 aliphatic rings. The van der Waals surface area contributed by atoms with Gasteiger partial charge in [0.25, 0.3) is 0 Å². The molecule has 1 rings (SSSR count). The van der Waals surface area contributed by atoms with Crippen molar-refractivity contribution in [1.82, 2.24) is 4.90 Å². The van der Waals surface area contributed by atoms with Crippen LogP contribution in [0.4, 0.5) is 5.69 Å². The molecule has 0 fully saturated rings. The van der Waals surface area contributed by atoms with E-state index in [-0.39, 0.29) is 5.91 Å². The van der Waals surface area contributed by atoms with Crippen LogP contribution in [0.2, 0.25) is 0 Å². The van der Waals surface area contributed by atoms with Crippen LogP contribution in [-0.2, 0) is 16.0 Å². The van der Waals surface area contributed by atoms with E-state index in [2.05, 4.69) is 0 Å². The molecular weight excluding hydrogens is 268 g/mol. The third-order valence-corrected chi connectivity index (χ3v) is 3.10. The molecule has 0 bridgehead atoms. The van der Waals surface area contributed by atoms with Crippen LogP contribution in [0.1, 0.15) is 18.9 Å². The van der Waals surface area contributed by atoms with Gasteiger partial charge in [-0.25, -0.2) is 4.79 Å². The molecule has 0 heterocycles. The smallest absolute Gasteiger partial charge is 0.316 e. The molecule has 1 atom stereocenters. The van der Waals surface area contributed by atoms with Gasteiger partial charge in [0, 0.05) is 19.6 Å². The lowest BCUT2D eigenvalue weighted by Crippen LogP contribution is -2.82. The summed E-state index contributed by atoms with van der Waals surface area (Å²) < 4.78 is 5.19. The van der Waals surface area contributed by atoms with Crippen LogP contribution in [0, 0.1) is 0 Å². The summed E-state index contributed by atoms with van der Waals surface area (Å²) in [6.07, 6.45) is 0.609. The Kier molecular flexibility index (Phi) is 8.15. The van der Waals surface area contributed by atoms with Crippen molar-refractivity contribution in [3.05, 3.63) is 29.8 Å². The maximum atomic E-state index is 11.8. The van der Waals surface area contributed by atoms with Crippen molar-refractivity contribution >= 4 is 11.6 Å². The fourth-order valence-electron chi connectivity index (χ4n) is 1.93. The van der Waals surface area contributed by atoms with E-state index in [0.29, 0.717) is 26.1 Å². The van der Waals surface area contributed by atoms with E-state index in [1.165, 1.54) is 0 Å². The highest BCUT2D eigenvalue weighted by atomic mass is 16.5. The molecule has 0 aliphatic carbocycles. The Morgan fingerprint density at radius 3 is 2.57 bits per heavy atom. The lowest BCUT2D eigenvalue weighted by atomic mass is 10.1. The number of benzene rings is 1. The van der Waals surface area contributed by atoms with Crippen LogP contribution in [0.3, 0.4) is 0 Å². The van der Waals surface area contributed by atoms with Gasteiger partial charge >= 0.3 is 5.91 Å². The van der Waals surface area contributed by atoms with Crippen molar-refractivity contribution in [3.63, 3.8) is 0 Å². The Morgan fingerprint density at radius 2 is 2.00 bits per heavy atom. The summed E-state index contributed by atoms with van der Waals surface area (Å²) in [4.78, 5) is 13.8. The fraction of sp³-hybridized carbons (Fsp3) is 0.562. The van der Waals surface area contributed by atoms with Gasteiger partial charge in [0.1, 0.15) is 5.69 Å². The van der Waals surface area contributed by atoms with Gasteiger partial charge < -0.3 is 14.7 Å². The number of nitrogens with zero attached hydrogens (tertiary/aromatic N) is 1. The molecule has 1 amide bonds. The zero-order valence-electron chi connectivity index (χ0n) is 13.2. The molecule has 0 spiro atoms. The number of amides is 1. The number of hydrogen-bond acceptors (Lipinski definition) is 4. The van der Waals surface area contributed by atoms with E-state index >= 15 is 0 Å². The van der Waals surface area contributed by atoms with Gasteiger partial charge in [0.05, 0.1) is 19.1 Å². The average Bonchev–Trinajstić information content (AvgIpc) is 2.45. The molecule has 3 N–H and O–H groups in total. The number of ether oxygens (including phenoxy) is 1. The maximum Gasteiger partial charge on any atom is 0.316 e. The van der Waals surface area contributed by atoms with Crippen LogP contribution in [0.15, 0.2) is 24.3 Å². The fourth-order valence-corrected chi connectivity index (χ4v) is 1.93. The molecule has 0 unspecified atom stereocenters. The maximum absolute atomic E-state index is 11.8.